The fraction of sp³-hybridized carbons (Fsp3) is 0.524. The molecule has 1 N–H and O–H groups in total. The number of hydrogen-bond donors (Lipinski definition) is 1. The summed E-state index contributed by atoms with van der Waals surface area (Å²) >= 11 is 0. The van der Waals surface area contributed by atoms with E-state index in [9.17, 15) is 9.59 Å². The first-order valence-electron chi connectivity index (χ1n) is 9.40. The molecular weight excluding hydrogens is 326 g/mol. The van der Waals surface area contributed by atoms with Crippen molar-refractivity contribution in [2.75, 3.05) is 13.6 Å². The lowest BCUT2D eigenvalue weighted by Gasteiger charge is -2.31. The van der Waals surface area contributed by atoms with Crippen LogP contribution in [0.15, 0.2) is 35.5 Å². The molecule has 5 heteroatoms. The van der Waals surface area contributed by atoms with E-state index in [1.807, 2.05) is 17.0 Å². The summed E-state index contributed by atoms with van der Waals surface area (Å²) in [6.45, 7) is 11.1. The molecule has 5 nitrogen and oxygen atoms in total. The summed E-state index contributed by atoms with van der Waals surface area (Å²) in [5.74, 6) is 0.838. The van der Waals surface area contributed by atoms with Gasteiger partial charge in [-0.25, -0.2) is 4.79 Å². The predicted octanol–water partition coefficient (Wildman–Crippen LogP) is 3.65. The minimum absolute atomic E-state index is 0.0333. The second-order valence-electron chi connectivity index (χ2n) is 8.04. The van der Waals surface area contributed by atoms with Gasteiger partial charge >= 0.3 is 6.03 Å². The molecule has 0 aliphatic carbocycles. The number of nitrogens with zero attached hydrogens (tertiary/aromatic N) is 2. The molecule has 0 bridgehead atoms. The van der Waals surface area contributed by atoms with Gasteiger partial charge in [-0.3, -0.25) is 9.69 Å². The molecular formula is C21H29N3O2. The zero-order valence-corrected chi connectivity index (χ0v) is 16.5. The summed E-state index contributed by atoms with van der Waals surface area (Å²) in [6.07, 6.45) is 0. The molecule has 2 aliphatic rings. The maximum absolute atomic E-state index is 13.2. The quantitative estimate of drug-likeness (QED) is 0.896. The first-order valence-corrected chi connectivity index (χ1v) is 9.40. The van der Waals surface area contributed by atoms with Gasteiger partial charge in [0.1, 0.15) is 0 Å². The molecule has 0 spiro atoms. The van der Waals surface area contributed by atoms with Crippen molar-refractivity contribution in [1.82, 2.24) is 15.1 Å². The van der Waals surface area contributed by atoms with Crippen LogP contribution < -0.4 is 5.32 Å². The number of rotatable bonds is 4. The molecule has 0 fully saturated rings. The Hall–Kier alpha value is -2.30. The fourth-order valence-electron chi connectivity index (χ4n) is 3.60. The Morgan fingerprint density at radius 1 is 1.04 bits per heavy atom. The largest absolute Gasteiger partial charge is 0.330 e. The van der Waals surface area contributed by atoms with Crippen LogP contribution in [0, 0.1) is 5.92 Å². The summed E-state index contributed by atoms with van der Waals surface area (Å²) in [6, 6.07) is 7.80. The number of nitrogens with one attached hydrogen (secondary N) is 1. The van der Waals surface area contributed by atoms with Gasteiger partial charge in [0.25, 0.3) is 5.91 Å². The van der Waals surface area contributed by atoms with Gasteiger partial charge in [0.15, 0.2) is 0 Å². The van der Waals surface area contributed by atoms with E-state index >= 15 is 0 Å². The van der Waals surface area contributed by atoms with Crippen LogP contribution in [-0.4, -0.2) is 41.4 Å². The summed E-state index contributed by atoms with van der Waals surface area (Å²) in [5, 5.41) is 3.00. The van der Waals surface area contributed by atoms with Crippen molar-refractivity contribution in [2.24, 2.45) is 5.92 Å². The van der Waals surface area contributed by atoms with Gasteiger partial charge in [0, 0.05) is 13.1 Å². The molecule has 140 valence electrons. The topological polar surface area (TPSA) is 52.7 Å². The minimum Gasteiger partial charge on any atom is -0.330 e. The predicted molar refractivity (Wildman–Crippen MR) is 103 cm³/mol. The monoisotopic (exact) mass is 355 g/mol. The van der Waals surface area contributed by atoms with E-state index in [1.54, 1.807) is 11.9 Å². The Labute approximate surface area is 156 Å². The van der Waals surface area contributed by atoms with Gasteiger partial charge in [-0.2, -0.15) is 0 Å². The van der Waals surface area contributed by atoms with E-state index in [-0.39, 0.29) is 24.0 Å². The molecule has 2 unspecified atom stereocenters. The number of urea groups is 1. The van der Waals surface area contributed by atoms with Crippen LogP contribution >= 0.6 is 0 Å². The molecule has 2 aliphatic heterocycles. The lowest BCUT2D eigenvalue weighted by Crippen LogP contribution is -2.45. The van der Waals surface area contributed by atoms with E-state index in [1.165, 1.54) is 5.56 Å². The molecule has 26 heavy (non-hydrogen) atoms. The average Bonchev–Trinajstić information content (AvgIpc) is 2.95. The van der Waals surface area contributed by atoms with Crippen LogP contribution in [0.25, 0.3) is 0 Å². The number of amides is 3. The second kappa shape index (κ2) is 6.78. The third-order valence-corrected chi connectivity index (χ3v) is 5.78. The van der Waals surface area contributed by atoms with Crippen molar-refractivity contribution in [1.29, 1.82) is 0 Å². The molecule has 0 saturated heterocycles. The standard InChI is InChI=1S/C21H29N3O2/c1-12(2)14(5)24-11-17-18(20(24)25)19(22-21(26)23(17)6)16-9-7-15(8-10-16)13(3)4/h7-10,12-14,19H,11H2,1-6H3,(H,22,26). The molecule has 1 aromatic carbocycles. The Balaban J connectivity index is 1.98. The number of carbonyl (C=O) groups excluding carboxylic acids is 2. The summed E-state index contributed by atoms with van der Waals surface area (Å²) in [4.78, 5) is 29.1. The zero-order valence-electron chi connectivity index (χ0n) is 16.5. The van der Waals surface area contributed by atoms with Crippen molar-refractivity contribution in [2.45, 2.75) is 52.6 Å². The SMILES string of the molecule is CC(C)c1ccc(C2NC(=O)N(C)C3=C2C(=O)N(C(C)C(C)C)C3)cc1. The highest BCUT2D eigenvalue weighted by molar-refractivity contribution is 6.01. The molecule has 0 saturated carbocycles. The smallest absolute Gasteiger partial charge is 0.322 e. The fourth-order valence-corrected chi connectivity index (χ4v) is 3.60. The Kier molecular flexibility index (Phi) is 4.82. The van der Waals surface area contributed by atoms with Crippen LogP contribution in [-0.2, 0) is 4.79 Å². The van der Waals surface area contributed by atoms with Gasteiger partial charge in [-0.1, -0.05) is 52.0 Å². The lowest BCUT2D eigenvalue weighted by atomic mass is 9.93. The van der Waals surface area contributed by atoms with E-state index < -0.39 is 0 Å². The van der Waals surface area contributed by atoms with Crippen molar-refractivity contribution in [3.63, 3.8) is 0 Å². The molecule has 0 radical (unpaired) electrons. The summed E-state index contributed by atoms with van der Waals surface area (Å²) < 4.78 is 0. The Morgan fingerprint density at radius 2 is 1.65 bits per heavy atom. The Bertz CT molecular complexity index is 749. The van der Waals surface area contributed by atoms with E-state index in [0.29, 0.717) is 24.0 Å². The van der Waals surface area contributed by atoms with E-state index in [2.05, 4.69) is 52.1 Å². The molecule has 0 aromatic heterocycles. The van der Waals surface area contributed by atoms with Gasteiger partial charge in [-0.15, -0.1) is 0 Å². The number of carbonyl (C=O) groups is 2. The van der Waals surface area contributed by atoms with E-state index in [0.717, 1.165) is 11.3 Å². The van der Waals surface area contributed by atoms with Crippen LogP contribution in [0.2, 0.25) is 0 Å². The van der Waals surface area contributed by atoms with Crippen molar-refractivity contribution in [3.8, 4) is 0 Å². The molecule has 2 atom stereocenters. The van der Waals surface area contributed by atoms with Crippen LogP contribution in [0.4, 0.5) is 4.79 Å². The number of benzene rings is 1. The van der Waals surface area contributed by atoms with Crippen LogP contribution in [0.1, 0.15) is 57.7 Å². The van der Waals surface area contributed by atoms with Gasteiger partial charge in [0.05, 0.1) is 23.9 Å². The summed E-state index contributed by atoms with van der Waals surface area (Å²) in [5.41, 5.74) is 3.73. The van der Waals surface area contributed by atoms with Crippen molar-refractivity contribution >= 4 is 11.9 Å². The molecule has 1 aromatic rings. The molecule has 3 rings (SSSR count). The second-order valence-corrected chi connectivity index (χ2v) is 8.04. The lowest BCUT2D eigenvalue weighted by molar-refractivity contribution is -0.128. The number of hydrogen-bond acceptors (Lipinski definition) is 2. The third kappa shape index (κ3) is 3.00. The van der Waals surface area contributed by atoms with Crippen LogP contribution in [0.5, 0.6) is 0 Å². The summed E-state index contributed by atoms with van der Waals surface area (Å²) in [7, 11) is 1.74. The van der Waals surface area contributed by atoms with Gasteiger partial charge < -0.3 is 10.2 Å². The van der Waals surface area contributed by atoms with Gasteiger partial charge in [0.2, 0.25) is 0 Å². The highest BCUT2D eigenvalue weighted by Crippen LogP contribution is 2.37. The number of likely N-dealkylation sites (N-methyl/N-ethyl adjacent to an activating group) is 1. The highest BCUT2D eigenvalue weighted by atomic mass is 16.2. The average molecular weight is 355 g/mol. The normalized spacial score (nSPS) is 21.6. The highest BCUT2D eigenvalue weighted by Gasteiger charge is 2.44. The minimum atomic E-state index is -0.383. The first kappa shape index (κ1) is 18.5. The maximum atomic E-state index is 13.2. The first-order chi connectivity index (χ1) is 12.2. The van der Waals surface area contributed by atoms with Crippen molar-refractivity contribution < 1.29 is 9.59 Å². The van der Waals surface area contributed by atoms with Crippen molar-refractivity contribution in [3.05, 3.63) is 46.7 Å². The molecule has 3 amide bonds. The Morgan fingerprint density at radius 3 is 2.19 bits per heavy atom. The third-order valence-electron chi connectivity index (χ3n) is 5.78. The van der Waals surface area contributed by atoms with Crippen LogP contribution in [0.3, 0.4) is 0 Å². The maximum Gasteiger partial charge on any atom is 0.322 e. The zero-order chi connectivity index (χ0) is 19.2. The molecule has 2 heterocycles. The van der Waals surface area contributed by atoms with Gasteiger partial charge in [-0.05, 0) is 29.9 Å². The van der Waals surface area contributed by atoms with E-state index in [4.69, 9.17) is 0 Å².